The minimum Gasteiger partial charge on any atom is -0.496 e. The average Bonchev–Trinajstić information content (AvgIpc) is 2.65. The number of hydrogen-bond acceptors (Lipinski definition) is 5. The fourth-order valence-electron chi connectivity index (χ4n) is 2.26. The van der Waals surface area contributed by atoms with Gasteiger partial charge in [0, 0.05) is 17.2 Å². The van der Waals surface area contributed by atoms with Gasteiger partial charge in [-0.15, -0.1) is 0 Å². The number of rotatable bonds is 7. The summed E-state index contributed by atoms with van der Waals surface area (Å²) in [5.41, 5.74) is 1.25. The molecule has 0 saturated heterocycles. The highest BCUT2D eigenvalue weighted by molar-refractivity contribution is 9.10. The summed E-state index contributed by atoms with van der Waals surface area (Å²) in [5.74, 6) is 2.23. The summed E-state index contributed by atoms with van der Waals surface area (Å²) in [4.78, 5) is 12.4. The smallest absolute Gasteiger partial charge is 0.185 e. The number of benzene rings is 2. The van der Waals surface area contributed by atoms with Crippen molar-refractivity contribution in [2.75, 3.05) is 28.4 Å². The van der Waals surface area contributed by atoms with E-state index in [0.717, 1.165) is 4.47 Å². The Bertz CT molecular complexity index is 799. The molecule has 132 valence electrons. The number of allylic oxidation sites excluding steroid dienone is 1. The number of hydrogen-bond donors (Lipinski definition) is 0. The lowest BCUT2D eigenvalue weighted by Crippen LogP contribution is -1.97. The van der Waals surface area contributed by atoms with Gasteiger partial charge >= 0.3 is 0 Å². The number of halogens is 1. The third-order valence-electron chi connectivity index (χ3n) is 3.59. The molecule has 0 spiro atoms. The van der Waals surface area contributed by atoms with Crippen molar-refractivity contribution in [1.82, 2.24) is 0 Å². The van der Waals surface area contributed by atoms with Crippen LogP contribution in [-0.2, 0) is 0 Å². The Labute approximate surface area is 155 Å². The Balaban J connectivity index is 2.31. The van der Waals surface area contributed by atoms with Crippen molar-refractivity contribution in [3.63, 3.8) is 0 Å². The molecule has 0 radical (unpaired) electrons. The van der Waals surface area contributed by atoms with Crippen molar-refractivity contribution in [2.45, 2.75) is 0 Å². The van der Waals surface area contributed by atoms with Crippen LogP contribution in [0.2, 0.25) is 0 Å². The second kappa shape index (κ2) is 8.58. The molecule has 0 N–H and O–H groups in total. The normalized spacial score (nSPS) is 10.6. The van der Waals surface area contributed by atoms with E-state index in [-0.39, 0.29) is 5.78 Å². The standard InChI is InChI=1S/C19H19BrO5/c1-22-16-8-6-12(9-14(16)20)15(21)7-5-13-10-18(24-3)19(25-4)11-17(13)23-2/h5-11H,1-4H3/b7-5+. The maximum absolute atomic E-state index is 12.4. The summed E-state index contributed by atoms with van der Waals surface area (Å²) in [7, 11) is 6.24. The van der Waals surface area contributed by atoms with Crippen molar-refractivity contribution < 1.29 is 23.7 Å². The molecule has 0 aliphatic rings. The largest absolute Gasteiger partial charge is 0.496 e. The lowest BCUT2D eigenvalue weighted by atomic mass is 10.1. The van der Waals surface area contributed by atoms with Crippen LogP contribution < -0.4 is 18.9 Å². The van der Waals surface area contributed by atoms with Crippen LogP contribution in [0.4, 0.5) is 0 Å². The highest BCUT2D eigenvalue weighted by atomic mass is 79.9. The minimum absolute atomic E-state index is 0.139. The predicted molar refractivity (Wildman–Crippen MR) is 100 cm³/mol. The molecule has 0 unspecified atom stereocenters. The summed E-state index contributed by atoms with van der Waals surface area (Å²) in [6, 6.07) is 8.64. The van der Waals surface area contributed by atoms with E-state index in [9.17, 15) is 4.79 Å². The van der Waals surface area contributed by atoms with Crippen LogP contribution in [0.3, 0.4) is 0 Å². The van der Waals surface area contributed by atoms with E-state index < -0.39 is 0 Å². The first kappa shape index (κ1) is 18.9. The highest BCUT2D eigenvalue weighted by Crippen LogP contribution is 2.35. The summed E-state index contributed by atoms with van der Waals surface area (Å²) in [5, 5.41) is 0. The van der Waals surface area contributed by atoms with Gasteiger partial charge in [0.2, 0.25) is 0 Å². The minimum atomic E-state index is -0.139. The zero-order valence-corrected chi connectivity index (χ0v) is 16.0. The molecule has 2 aromatic carbocycles. The van der Waals surface area contributed by atoms with Gasteiger partial charge in [0.1, 0.15) is 11.5 Å². The average molecular weight is 407 g/mol. The third-order valence-corrected chi connectivity index (χ3v) is 4.21. The quantitative estimate of drug-likeness (QED) is 0.504. The van der Waals surface area contributed by atoms with E-state index in [1.165, 1.54) is 6.08 Å². The van der Waals surface area contributed by atoms with Crippen molar-refractivity contribution in [1.29, 1.82) is 0 Å². The Morgan fingerprint density at radius 3 is 2.00 bits per heavy atom. The first-order valence-corrected chi connectivity index (χ1v) is 8.19. The van der Waals surface area contributed by atoms with Crippen molar-refractivity contribution >= 4 is 27.8 Å². The molecule has 0 heterocycles. The van der Waals surface area contributed by atoms with Crippen LogP contribution in [0.25, 0.3) is 6.08 Å². The summed E-state index contributed by atoms with van der Waals surface area (Å²) >= 11 is 3.38. The second-order valence-electron chi connectivity index (χ2n) is 5.00. The molecule has 0 saturated carbocycles. The van der Waals surface area contributed by atoms with Crippen LogP contribution in [0.1, 0.15) is 15.9 Å². The van der Waals surface area contributed by atoms with Crippen LogP contribution >= 0.6 is 15.9 Å². The molecule has 0 amide bonds. The van der Waals surface area contributed by atoms with E-state index in [1.807, 2.05) is 0 Å². The molecule has 0 atom stereocenters. The summed E-state index contributed by atoms with van der Waals surface area (Å²) < 4.78 is 21.8. The van der Waals surface area contributed by atoms with Gasteiger partial charge in [0.25, 0.3) is 0 Å². The molecule has 5 nitrogen and oxygen atoms in total. The van der Waals surface area contributed by atoms with E-state index >= 15 is 0 Å². The van der Waals surface area contributed by atoms with Gasteiger partial charge in [-0.3, -0.25) is 4.79 Å². The van der Waals surface area contributed by atoms with Gasteiger partial charge in [-0.1, -0.05) is 0 Å². The predicted octanol–water partition coefficient (Wildman–Crippen LogP) is 4.38. The van der Waals surface area contributed by atoms with Crippen LogP contribution in [0, 0.1) is 0 Å². The van der Waals surface area contributed by atoms with E-state index in [0.29, 0.717) is 34.1 Å². The van der Waals surface area contributed by atoms with Crippen molar-refractivity contribution in [3.8, 4) is 23.0 Å². The van der Waals surface area contributed by atoms with Gasteiger partial charge in [0.05, 0.1) is 32.9 Å². The molecule has 0 bridgehead atoms. The lowest BCUT2D eigenvalue weighted by Gasteiger charge is -2.12. The molecular formula is C19H19BrO5. The van der Waals surface area contributed by atoms with Crippen LogP contribution in [0.15, 0.2) is 40.9 Å². The van der Waals surface area contributed by atoms with E-state index in [1.54, 1.807) is 64.8 Å². The van der Waals surface area contributed by atoms with Gasteiger partial charge in [-0.05, 0) is 52.3 Å². The zero-order chi connectivity index (χ0) is 18.4. The van der Waals surface area contributed by atoms with Gasteiger partial charge < -0.3 is 18.9 Å². The van der Waals surface area contributed by atoms with Crippen molar-refractivity contribution in [2.24, 2.45) is 0 Å². The fourth-order valence-corrected chi connectivity index (χ4v) is 2.81. The molecular weight excluding hydrogens is 388 g/mol. The summed E-state index contributed by atoms with van der Waals surface area (Å²) in [6.07, 6.45) is 3.17. The Kier molecular flexibility index (Phi) is 6.47. The highest BCUT2D eigenvalue weighted by Gasteiger charge is 2.11. The molecule has 6 heteroatoms. The molecule has 0 aliphatic carbocycles. The maximum Gasteiger partial charge on any atom is 0.185 e. The molecule has 0 aliphatic heterocycles. The molecule has 0 aromatic heterocycles. The maximum atomic E-state index is 12.4. The second-order valence-corrected chi connectivity index (χ2v) is 5.85. The molecule has 2 aromatic rings. The SMILES string of the molecule is COc1ccc(C(=O)/C=C/c2cc(OC)c(OC)cc2OC)cc1Br. The van der Waals surface area contributed by atoms with Crippen molar-refractivity contribution in [3.05, 3.63) is 52.0 Å². The monoisotopic (exact) mass is 406 g/mol. The molecule has 0 fully saturated rings. The molecule has 2 rings (SSSR count). The lowest BCUT2D eigenvalue weighted by molar-refractivity contribution is 0.104. The first-order valence-electron chi connectivity index (χ1n) is 7.40. The third kappa shape index (κ3) is 4.33. The van der Waals surface area contributed by atoms with Gasteiger partial charge in [0.15, 0.2) is 17.3 Å². The van der Waals surface area contributed by atoms with Gasteiger partial charge in [-0.25, -0.2) is 0 Å². The fraction of sp³-hybridized carbons (Fsp3) is 0.211. The molecule has 25 heavy (non-hydrogen) atoms. The number of ether oxygens (including phenoxy) is 4. The number of carbonyl (C=O) groups is 1. The van der Waals surface area contributed by atoms with Crippen LogP contribution in [-0.4, -0.2) is 34.2 Å². The first-order chi connectivity index (χ1) is 12.0. The summed E-state index contributed by atoms with van der Waals surface area (Å²) in [6.45, 7) is 0. The zero-order valence-electron chi connectivity index (χ0n) is 14.5. The Morgan fingerprint density at radius 1 is 0.840 bits per heavy atom. The van der Waals surface area contributed by atoms with E-state index in [4.69, 9.17) is 18.9 Å². The Hall–Kier alpha value is -2.47. The van der Waals surface area contributed by atoms with E-state index in [2.05, 4.69) is 15.9 Å². The number of carbonyl (C=O) groups excluding carboxylic acids is 1. The van der Waals surface area contributed by atoms with Crippen LogP contribution in [0.5, 0.6) is 23.0 Å². The van der Waals surface area contributed by atoms with Gasteiger partial charge in [-0.2, -0.15) is 0 Å². The number of methoxy groups -OCH3 is 4. The Morgan fingerprint density at radius 2 is 1.44 bits per heavy atom. The topological polar surface area (TPSA) is 54.0 Å². The number of ketones is 1.